The Morgan fingerprint density at radius 1 is 0.893 bits per heavy atom. The van der Waals surface area contributed by atoms with Crippen molar-refractivity contribution >= 4 is 39.6 Å². The summed E-state index contributed by atoms with van der Waals surface area (Å²) in [5.41, 5.74) is 2.50. The van der Waals surface area contributed by atoms with Gasteiger partial charge in [0.1, 0.15) is 0 Å². The lowest BCUT2D eigenvalue weighted by Gasteiger charge is -2.07. The zero-order valence-electron chi connectivity index (χ0n) is 15.3. The normalized spacial score (nSPS) is 11.4. The van der Waals surface area contributed by atoms with Crippen LogP contribution in [0.4, 0.5) is 10.5 Å². The van der Waals surface area contributed by atoms with Crippen LogP contribution in [-0.2, 0) is 4.84 Å². The topological polar surface area (TPSA) is 50.7 Å². The number of nitrogens with zero attached hydrogens (tertiary/aromatic N) is 1. The number of rotatable bonds is 4. The third-order valence-corrected chi connectivity index (χ3v) is 5.56. The summed E-state index contributed by atoms with van der Waals surface area (Å²) >= 11 is 1.61. The average Bonchev–Trinajstić information content (AvgIpc) is 3.23. The molecule has 0 aliphatic rings. The Morgan fingerprint density at radius 2 is 1.64 bits per heavy atom. The predicted molar refractivity (Wildman–Crippen MR) is 116 cm³/mol. The van der Waals surface area contributed by atoms with Gasteiger partial charge in [-0.1, -0.05) is 71.9 Å². The summed E-state index contributed by atoms with van der Waals surface area (Å²) in [7, 11) is 0. The number of benzene rings is 3. The number of nitrogens with one attached hydrogen (secondary N) is 1. The molecule has 4 aromatic rings. The van der Waals surface area contributed by atoms with E-state index in [1.54, 1.807) is 11.3 Å². The highest BCUT2D eigenvalue weighted by molar-refractivity contribution is 7.17. The maximum Gasteiger partial charge on any atom is 0.437 e. The monoisotopic (exact) mass is 386 g/mol. The van der Waals surface area contributed by atoms with Crippen molar-refractivity contribution in [3.05, 3.63) is 89.8 Å². The van der Waals surface area contributed by atoms with E-state index < -0.39 is 6.09 Å². The van der Waals surface area contributed by atoms with Gasteiger partial charge in [0.05, 0.1) is 16.3 Å². The minimum absolute atomic E-state index is 0.615. The highest BCUT2D eigenvalue weighted by Gasteiger charge is 2.09. The summed E-state index contributed by atoms with van der Waals surface area (Å²) in [6.07, 6.45) is -0.615. The van der Waals surface area contributed by atoms with Crippen LogP contribution in [-0.4, -0.2) is 11.8 Å². The molecule has 4 rings (SSSR count). The molecule has 0 bridgehead atoms. The number of carbonyl (C=O) groups excluding carboxylic acids is 1. The fourth-order valence-electron chi connectivity index (χ4n) is 2.91. The number of fused-ring (bicyclic) bond motifs is 1. The van der Waals surface area contributed by atoms with E-state index in [9.17, 15) is 4.79 Å². The maximum atomic E-state index is 12.2. The molecule has 0 aliphatic carbocycles. The number of amides is 1. The van der Waals surface area contributed by atoms with Crippen molar-refractivity contribution in [2.45, 2.75) is 6.92 Å². The quantitative estimate of drug-likeness (QED) is 0.246. The van der Waals surface area contributed by atoms with Gasteiger partial charge < -0.3 is 0 Å². The van der Waals surface area contributed by atoms with E-state index in [0.29, 0.717) is 11.4 Å². The average molecular weight is 386 g/mol. The van der Waals surface area contributed by atoms with Gasteiger partial charge in [0, 0.05) is 10.3 Å². The number of oxime groups is 1. The van der Waals surface area contributed by atoms with Gasteiger partial charge in [-0.3, -0.25) is 10.2 Å². The molecule has 0 aliphatic heterocycles. The molecule has 1 amide bonds. The molecule has 4 nitrogen and oxygen atoms in total. The second kappa shape index (κ2) is 8.06. The first kappa shape index (κ1) is 17.9. The van der Waals surface area contributed by atoms with Crippen LogP contribution < -0.4 is 5.32 Å². The smallest absolute Gasteiger partial charge is 0.297 e. The molecule has 0 unspecified atom stereocenters. The van der Waals surface area contributed by atoms with Gasteiger partial charge in [-0.15, -0.1) is 11.3 Å². The molecule has 1 aromatic heterocycles. The minimum Gasteiger partial charge on any atom is -0.297 e. The van der Waals surface area contributed by atoms with Crippen molar-refractivity contribution in [2.75, 3.05) is 5.32 Å². The number of carbonyl (C=O) groups is 1. The Balaban J connectivity index is 1.45. The van der Waals surface area contributed by atoms with Crippen LogP contribution in [0.25, 0.3) is 21.2 Å². The Bertz CT molecular complexity index is 1140. The first-order valence-corrected chi connectivity index (χ1v) is 9.68. The fraction of sp³-hybridized carbons (Fsp3) is 0.0435. The molecule has 0 radical (unpaired) electrons. The highest BCUT2D eigenvalue weighted by Crippen LogP contribution is 2.28. The third-order valence-electron chi connectivity index (χ3n) is 4.31. The molecule has 0 spiro atoms. The molecule has 0 fully saturated rings. The van der Waals surface area contributed by atoms with Gasteiger partial charge >= 0.3 is 6.09 Å². The highest BCUT2D eigenvalue weighted by atomic mass is 32.1. The van der Waals surface area contributed by atoms with Crippen LogP contribution >= 0.6 is 11.3 Å². The van der Waals surface area contributed by atoms with E-state index in [-0.39, 0.29) is 0 Å². The van der Waals surface area contributed by atoms with Crippen LogP contribution in [0.5, 0.6) is 0 Å². The predicted octanol–water partition coefficient (Wildman–Crippen LogP) is 6.54. The number of hydrogen-bond donors (Lipinski definition) is 1. The lowest BCUT2D eigenvalue weighted by atomic mass is 10.1. The molecule has 1 heterocycles. The first-order valence-electron chi connectivity index (χ1n) is 8.87. The van der Waals surface area contributed by atoms with E-state index in [0.717, 1.165) is 26.1 Å². The summed E-state index contributed by atoms with van der Waals surface area (Å²) in [6.45, 7) is 1.83. The van der Waals surface area contributed by atoms with E-state index >= 15 is 0 Å². The van der Waals surface area contributed by atoms with E-state index in [4.69, 9.17) is 4.84 Å². The Labute approximate surface area is 167 Å². The lowest BCUT2D eigenvalue weighted by Crippen LogP contribution is -2.12. The lowest BCUT2D eigenvalue weighted by molar-refractivity contribution is 0.166. The van der Waals surface area contributed by atoms with Gasteiger partial charge in [-0.05, 0) is 36.1 Å². The molecule has 1 N–H and O–H groups in total. The van der Waals surface area contributed by atoms with Crippen LogP contribution in [0.3, 0.4) is 0 Å². The molecule has 3 aromatic carbocycles. The fourth-order valence-corrected chi connectivity index (χ4v) is 3.86. The standard InChI is InChI=1S/C23H18N2O2S/c1-16(21-14-15-22(28-21)18-9-3-2-4-10-18)25-27-23(26)24-20-13-7-11-17-8-5-6-12-19(17)20/h2-15H,1H3,(H,24,26)/b25-16+. The molecule has 0 atom stereocenters. The number of anilines is 1. The molecule has 0 saturated heterocycles. The molecular formula is C23H18N2O2S. The van der Waals surface area contributed by atoms with Crippen LogP contribution in [0.15, 0.2) is 90.1 Å². The second-order valence-electron chi connectivity index (χ2n) is 6.24. The third kappa shape index (κ3) is 3.94. The van der Waals surface area contributed by atoms with Crippen LogP contribution in [0.2, 0.25) is 0 Å². The Hall–Kier alpha value is -3.44. The summed E-state index contributed by atoms with van der Waals surface area (Å²) < 4.78 is 0. The SMILES string of the molecule is C/C(=N\OC(=O)Nc1cccc2ccccc12)c1ccc(-c2ccccc2)s1. The minimum atomic E-state index is -0.615. The van der Waals surface area contributed by atoms with Crippen LogP contribution in [0, 0.1) is 0 Å². The van der Waals surface area contributed by atoms with E-state index in [2.05, 4.69) is 22.6 Å². The van der Waals surface area contributed by atoms with Crippen molar-refractivity contribution < 1.29 is 9.63 Å². The van der Waals surface area contributed by atoms with Gasteiger partial charge in [0.15, 0.2) is 0 Å². The summed E-state index contributed by atoms with van der Waals surface area (Å²) in [5, 5.41) is 8.75. The second-order valence-corrected chi connectivity index (χ2v) is 7.32. The van der Waals surface area contributed by atoms with Crippen LogP contribution in [0.1, 0.15) is 11.8 Å². The Kier molecular flexibility index (Phi) is 5.17. The molecule has 28 heavy (non-hydrogen) atoms. The molecule has 138 valence electrons. The number of hydrogen-bond acceptors (Lipinski definition) is 4. The molecule has 5 heteroatoms. The summed E-state index contributed by atoms with van der Waals surface area (Å²) in [4.78, 5) is 19.4. The van der Waals surface area contributed by atoms with Crippen molar-refractivity contribution in [1.29, 1.82) is 0 Å². The van der Waals surface area contributed by atoms with Gasteiger partial charge in [0.2, 0.25) is 0 Å². The number of thiophene rings is 1. The zero-order chi connectivity index (χ0) is 19.3. The molecular weight excluding hydrogens is 368 g/mol. The summed E-state index contributed by atoms with van der Waals surface area (Å²) in [5.74, 6) is 0. The Morgan fingerprint density at radius 3 is 2.50 bits per heavy atom. The van der Waals surface area contributed by atoms with Crippen molar-refractivity contribution in [3.63, 3.8) is 0 Å². The van der Waals surface area contributed by atoms with Gasteiger partial charge in [-0.25, -0.2) is 4.79 Å². The van der Waals surface area contributed by atoms with E-state index in [1.807, 2.05) is 79.7 Å². The van der Waals surface area contributed by atoms with E-state index in [1.165, 1.54) is 0 Å². The van der Waals surface area contributed by atoms with Gasteiger partial charge in [0.25, 0.3) is 0 Å². The first-order chi connectivity index (χ1) is 13.7. The van der Waals surface area contributed by atoms with Gasteiger partial charge in [-0.2, -0.15) is 0 Å². The summed E-state index contributed by atoms with van der Waals surface area (Å²) in [6, 6.07) is 27.7. The van der Waals surface area contributed by atoms with Crippen molar-refractivity contribution in [3.8, 4) is 10.4 Å². The zero-order valence-corrected chi connectivity index (χ0v) is 16.1. The maximum absolute atomic E-state index is 12.2. The largest absolute Gasteiger partial charge is 0.437 e. The van der Waals surface area contributed by atoms with Crippen molar-refractivity contribution in [1.82, 2.24) is 0 Å². The molecule has 0 saturated carbocycles. The van der Waals surface area contributed by atoms with Crippen molar-refractivity contribution in [2.24, 2.45) is 5.16 Å².